The summed E-state index contributed by atoms with van der Waals surface area (Å²) in [5.74, 6) is 0. The normalized spacial score (nSPS) is 15.6. The second-order valence-corrected chi connectivity index (χ2v) is 16.3. The fraction of sp³-hybridized carbons (Fsp3) is 0.588. The van der Waals surface area contributed by atoms with E-state index in [2.05, 4.69) is 31.9 Å². The van der Waals surface area contributed by atoms with Crippen molar-refractivity contribution in [2.45, 2.75) is 77.0 Å². The zero-order valence-corrected chi connectivity index (χ0v) is 31.1. The molecule has 14 nitrogen and oxygen atoms in total. The van der Waals surface area contributed by atoms with Crippen molar-refractivity contribution in [1.29, 1.82) is 0 Å². The number of amides is 2. The minimum Gasteiger partial charge on any atom is -0.383 e. The third kappa shape index (κ3) is 9.98. The van der Waals surface area contributed by atoms with E-state index in [0.717, 1.165) is 84.2 Å². The van der Waals surface area contributed by atoms with Gasteiger partial charge in [0.15, 0.2) is 0 Å². The van der Waals surface area contributed by atoms with Gasteiger partial charge in [0.2, 0.25) is 6.08 Å². The second-order valence-electron chi connectivity index (χ2n) is 12.9. The largest absolute Gasteiger partial charge is 0.383 e. The number of carbonyl (C=O) groups is 1. The molecule has 0 unspecified atom stereocenters. The molecular formula is C34H50N6O8S2. The van der Waals surface area contributed by atoms with Gasteiger partial charge in [0.25, 0.3) is 10.2 Å². The van der Waals surface area contributed by atoms with E-state index in [-0.39, 0.29) is 19.7 Å². The maximum absolute atomic E-state index is 12.3. The molecule has 2 amide bonds. The Kier molecular flexibility index (Phi) is 14.1. The molecular weight excluding hydrogens is 685 g/mol. The van der Waals surface area contributed by atoms with Crippen LogP contribution in [-0.2, 0) is 86.1 Å². The van der Waals surface area contributed by atoms with Gasteiger partial charge in [-0.1, -0.05) is 12.1 Å². The smallest absolute Gasteiger partial charge is 0.333 e. The molecule has 4 aliphatic rings. The molecule has 0 saturated heterocycles. The number of isocyanates is 1. The van der Waals surface area contributed by atoms with E-state index in [1.54, 1.807) is 6.08 Å². The molecule has 0 radical (unpaired) electrons. The first-order valence-electron chi connectivity index (χ1n) is 17.0. The fourth-order valence-corrected chi connectivity index (χ4v) is 8.04. The van der Waals surface area contributed by atoms with Gasteiger partial charge in [-0.15, -0.1) is 0 Å². The highest BCUT2D eigenvalue weighted by Crippen LogP contribution is 2.40. The summed E-state index contributed by atoms with van der Waals surface area (Å²) in [6, 6.07) is 3.90. The fourth-order valence-electron chi connectivity index (χ4n) is 6.96. The maximum Gasteiger partial charge on any atom is 0.333 e. The van der Waals surface area contributed by atoms with Crippen molar-refractivity contribution >= 4 is 43.9 Å². The number of nitrogens with two attached hydrogens (primary N) is 1. The lowest BCUT2D eigenvalue weighted by Gasteiger charge is -2.19. The molecule has 0 saturated carbocycles. The van der Waals surface area contributed by atoms with Gasteiger partial charge in [0.05, 0.1) is 18.9 Å². The molecule has 16 heteroatoms. The molecule has 0 bridgehead atoms. The summed E-state index contributed by atoms with van der Waals surface area (Å²) in [5.41, 5.74) is 12.2. The van der Waals surface area contributed by atoms with Crippen LogP contribution < -0.4 is 15.2 Å². The molecule has 0 spiro atoms. The predicted octanol–water partition coefficient (Wildman–Crippen LogP) is 3.01. The van der Waals surface area contributed by atoms with Crippen LogP contribution in [0.2, 0.25) is 0 Å². The van der Waals surface area contributed by atoms with E-state index >= 15 is 0 Å². The number of aryl methyl sites for hydroxylation is 4. The van der Waals surface area contributed by atoms with E-state index in [0.29, 0.717) is 6.61 Å². The van der Waals surface area contributed by atoms with Crippen molar-refractivity contribution < 1.29 is 35.9 Å². The van der Waals surface area contributed by atoms with Gasteiger partial charge in [0, 0.05) is 47.1 Å². The summed E-state index contributed by atoms with van der Waals surface area (Å²) in [6.07, 6.45) is 14.7. The summed E-state index contributed by atoms with van der Waals surface area (Å²) >= 11 is 0. The highest BCUT2D eigenvalue weighted by atomic mass is 32.2. The summed E-state index contributed by atoms with van der Waals surface area (Å²) < 4.78 is 59.1. The summed E-state index contributed by atoms with van der Waals surface area (Å²) in [5, 5.41) is 7.58. The molecule has 4 N–H and O–H groups in total. The first-order chi connectivity index (χ1) is 23.8. The molecule has 50 heavy (non-hydrogen) atoms. The number of carbonyl (C=O) groups excluding carboxylic acids is 2. The third-order valence-corrected chi connectivity index (χ3v) is 12.1. The average molecular weight is 735 g/mol. The Morgan fingerprint density at radius 2 is 1.18 bits per heavy atom. The highest BCUT2D eigenvalue weighted by Gasteiger charge is 2.27. The number of urea groups is 1. The lowest BCUT2D eigenvalue weighted by Crippen LogP contribution is -2.44. The van der Waals surface area contributed by atoms with Crippen LogP contribution in [0.25, 0.3) is 0 Å². The minimum absolute atomic E-state index is 0.176. The van der Waals surface area contributed by atoms with Crippen LogP contribution in [0.3, 0.4) is 0 Å². The predicted molar refractivity (Wildman–Crippen MR) is 192 cm³/mol. The van der Waals surface area contributed by atoms with Crippen molar-refractivity contribution in [1.82, 2.24) is 13.3 Å². The van der Waals surface area contributed by atoms with Crippen molar-refractivity contribution in [2.75, 3.05) is 59.9 Å². The molecule has 0 heterocycles. The van der Waals surface area contributed by atoms with Gasteiger partial charge in [0.1, 0.15) is 0 Å². The number of fused-ring (bicyclic) bond motifs is 4. The second kappa shape index (κ2) is 17.8. The monoisotopic (exact) mass is 734 g/mol. The van der Waals surface area contributed by atoms with Gasteiger partial charge in [-0.05, 0) is 122 Å². The Balaban J connectivity index is 0.000000190. The van der Waals surface area contributed by atoms with E-state index in [4.69, 9.17) is 9.88 Å². The molecule has 0 aromatic heterocycles. The van der Waals surface area contributed by atoms with Crippen molar-refractivity contribution in [3.05, 3.63) is 56.6 Å². The van der Waals surface area contributed by atoms with Crippen LogP contribution in [0, 0.1) is 0 Å². The van der Waals surface area contributed by atoms with Crippen LogP contribution in [0.1, 0.15) is 70.2 Å². The summed E-state index contributed by atoms with van der Waals surface area (Å²) in [7, 11) is -1.61. The standard InChI is InChI=1S/C17H25N3O4S.C13H13NO.C4H12N2O3S/c1-20(9-10-24-2)25(22,23)19-17(21)18-16-14-7-3-5-12(14)11-13-6-4-8-15(13)16;15-8-14-13-11-5-1-3-9(11)7-10-4-2-6-12(10)13;1-6(3-4-9-2)10(5,7)8/h11H,3-10H2,1-2H3,(H2,18,19,21);7H,1-6H2;3-4H2,1-2H3,(H2,5,7,8). The molecule has 0 aliphatic heterocycles. The number of ether oxygens (including phenoxy) is 2. The van der Waals surface area contributed by atoms with E-state index in [1.165, 1.54) is 85.7 Å². The Hall–Kier alpha value is -3.21. The molecule has 0 atom stereocenters. The average Bonchev–Trinajstić information content (AvgIpc) is 3.89. The topological polar surface area (TPSA) is 190 Å². The number of hydrogen-bond acceptors (Lipinski definition) is 9. The van der Waals surface area contributed by atoms with Crippen LogP contribution in [0.4, 0.5) is 16.2 Å². The lowest BCUT2D eigenvalue weighted by molar-refractivity contribution is 0.184. The Morgan fingerprint density at radius 3 is 1.60 bits per heavy atom. The zero-order chi connectivity index (χ0) is 36.5. The van der Waals surface area contributed by atoms with E-state index in [1.807, 2.05) is 0 Å². The number of rotatable bonds is 11. The number of aliphatic imine (C=N–C) groups is 1. The number of nitrogens with one attached hydrogen (secondary N) is 2. The molecule has 276 valence electrons. The van der Waals surface area contributed by atoms with Gasteiger partial charge < -0.3 is 14.8 Å². The van der Waals surface area contributed by atoms with Gasteiger partial charge in [-0.2, -0.15) is 30.4 Å². The SMILES string of the molecule is COCCN(C)S(=O)(=O)NC(=O)Nc1c2c(cc3c1CCC3)CCC2.COCCN(C)S(N)(=O)=O.O=C=Nc1c2c(cc3c1CCC3)CCC2. The number of anilines is 1. The third-order valence-electron chi connectivity index (χ3n) is 9.60. The molecule has 4 aliphatic carbocycles. The first-order valence-corrected chi connectivity index (χ1v) is 19.9. The van der Waals surface area contributed by atoms with Crippen LogP contribution in [0.15, 0.2) is 17.1 Å². The maximum atomic E-state index is 12.3. The van der Waals surface area contributed by atoms with Crippen molar-refractivity contribution in [3.8, 4) is 0 Å². The van der Waals surface area contributed by atoms with Crippen LogP contribution in [0.5, 0.6) is 0 Å². The number of likely N-dealkylation sites (N-methyl/N-ethyl adjacent to an activating group) is 2. The molecule has 2 aromatic carbocycles. The zero-order valence-electron chi connectivity index (χ0n) is 29.5. The summed E-state index contributed by atoms with van der Waals surface area (Å²) in [6.45, 7) is 1.08. The van der Waals surface area contributed by atoms with E-state index in [9.17, 15) is 26.4 Å². The first kappa shape index (κ1) is 39.6. The van der Waals surface area contributed by atoms with Gasteiger partial charge in [-0.3, -0.25) is 0 Å². The van der Waals surface area contributed by atoms with Crippen molar-refractivity contribution in [2.24, 2.45) is 10.1 Å². The highest BCUT2D eigenvalue weighted by molar-refractivity contribution is 7.87. The number of benzene rings is 2. The number of nitrogens with zero attached hydrogens (tertiary/aromatic N) is 3. The Morgan fingerprint density at radius 1 is 0.760 bits per heavy atom. The Bertz CT molecular complexity index is 1750. The van der Waals surface area contributed by atoms with Gasteiger partial charge >= 0.3 is 16.2 Å². The lowest BCUT2D eigenvalue weighted by atomic mass is 9.99. The Labute approximate surface area is 296 Å². The van der Waals surface area contributed by atoms with Crippen LogP contribution in [-0.4, -0.2) is 92.2 Å². The number of hydrogen-bond donors (Lipinski definition) is 3. The quantitative estimate of drug-likeness (QED) is 0.232. The van der Waals surface area contributed by atoms with Crippen LogP contribution >= 0.6 is 0 Å². The van der Waals surface area contributed by atoms with Gasteiger partial charge in [-0.25, -0.2) is 19.5 Å². The number of methoxy groups -OCH3 is 2. The van der Waals surface area contributed by atoms with Crippen molar-refractivity contribution in [3.63, 3.8) is 0 Å². The molecule has 0 fully saturated rings. The van der Waals surface area contributed by atoms with E-state index < -0.39 is 26.4 Å². The molecule has 2 aromatic rings. The minimum atomic E-state index is -3.89. The summed E-state index contributed by atoms with van der Waals surface area (Å²) in [4.78, 5) is 26.8. The molecule has 6 rings (SSSR count).